The molecular weight excluding hydrogens is 603 g/mol. The van der Waals surface area contributed by atoms with Crippen LogP contribution in [0.5, 0.6) is 11.8 Å². The number of anilines is 1. The van der Waals surface area contributed by atoms with Gasteiger partial charge in [0.05, 0.1) is 16.5 Å². The largest absolute Gasteiger partial charge is 0.508 e. The van der Waals surface area contributed by atoms with Crippen molar-refractivity contribution in [1.29, 1.82) is 0 Å². The predicted octanol–water partition coefficient (Wildman–Crippen LogP) is 7.51. The summed E-state index contributed by atoms with van der Waals surface area (Å²) >= 11 is 0. The Morgan fingerprint density at radius 2 is 1.81 bits per heavy atom. The van der Waals surface area contributed by atoms with Gasteiger partial charge in [0.2, 0.25) is 0 Å². The van der Waals surface area contributed by atoms with Crippen LogP contribution in [0.2, 0.25) is 0 Å². The molecule has 7 rings (SSSR count). The number of nitrogens with one attached hydrogen (secondary N) is 2. The Labute approximate surface area is 273 Å². The minimum Gasteiger partial charge on any atom is -0.508 e. The van der Waals surface area contributed by atoms with Crippen molar-refractivity contribution >= 4 is 27.5 Å². The highest BCUT2D eigenvalue weighted by molar-refractivity contribution is 6.04. The molecule has 0 aliphatic carbocycles. The molecule has 0 radical (unpaired) electrons. The second-order valence-corrected chi connectivity index (χ2v) is 13.5. The van der Waals surface area contributed by atoms with Crippen molar-refractivity contribution in [1.82, 2.24) is 20.2 Å². The van der Waals surface area contributed by atoms with Crippen LogP contribution < -0.4 is 15.4 Å². The first-order chi connectivity index (χ1) is 22.8. The number of nitrogens with zero attached hydrogens (tertiary/aromatic N) is 3. The van der Waals surface area contributed by atoms with E-state index < -0.39 is 17.5 Å². The highest BCUT2D eigenvalue weighted by atomic mass is 19.1. The quantitative estimate of drug-likeness (QED) is 0.200. The number of phenols is 1. The maximum absolute atomic E-state index is 17.1. The summed E-state index contributed by atoms with van der Waals surface area (Å²) in [6, 6.07) is 5.74. The van der Waals surface area contributed by atoms with E-state index in [-0.39, 0.29) is 33.9 Å². The number of aromatic nitrogens is 2. The summed E-state index contributed by atoms with van der Waals surface area (Å²) in [5.74, 6) is -1.47. The second-order valence-electron chi connectivity index (χ2n) is 13.5. The van der Waals surface area contributed by atoms with E-state index in [4.69, 9.17) is 9.72 Å². The lowest BCUT2D eigenvalue weighted by Crippen LogP contribution is -2.43. The van der Waals surface area contributed by atoms with Gasteiger partial charge >= 0.3 is 6.01 Å². The number of fused-ring (bicyclic) bond motifs is 2. The van der Waals surface area contributed by atoms with Crippen molar-refractivity contribution in [2.75, 3.05) is 44.6 Å². The predicted molar refractivity (Wildman–Crippen MR) is 180 cm³/mol. The van der Waals surface area contributed by atoms with Gasteiger partial charge < -0.3 is 20.5 Å². The molecule has 1 unspecified atom stereocenters. The van der Waals surface area contributed by atoms with E-state index in [0.717, 1.165) is 58.2 Å². The third-order valence-corrected chi connectivity index (χ3v) is 10.8. The molecule has 47 heavy (non-hydrogen) atoms. The highest BCUT2D eigenvalue weighted by Crippen LogP contribution is 2.44. The Morgan fingerprint density at radius 3 is 2.57 bits per heavy atom. The van der Waals surface area contributed by atoms with Crippen molar-refractivity contribution in [3.05, 3.63) is 52.8 Å². The van der Waals surface area contributed by atoms with Crippen LogP contribution in [0.15, 0.2) is 24.3 Å². The molecule has 3 N–H and O–H groups in total. The zero-order valence-electron chi connectivity index (χ0n) is 27.3. The molecule has 3 aromatic carbocycles. The molecule has 3 aliphatic rings. The summed E-state index contributed by atoms with van der Waals surface area (Å²) in [5, 5.41) is 18.8. The Morgan fingerprint density at radius 1 is 1.00 bits per heavy atom. The first kappa shape index (κ1) is 31.9. The topological polar surface area (TPSA) is 82.5 Å². The van der Waals surface area contributed by atoms with Crippen LogP contribution in [0.3, 0.4) is 0 Å². The number of hydrogen-bond acceptors (Lipinski definition) is 7. The van der Waals surface area contributed by atoms with Gasteiger partial charge in [0.1, 0.15) is 35.3 Å². The van der Waals surface area contributed by atoms with E-state index in [0.29, 0.717) is 78.0 Å². The van der Waals surface area contributed by atoms with Crippen molar-refractivity contribution in [2.45, 2.75) is 77.2 Å². The zero-order valence-corrected chi connectivity index (χ0v) is 27.3. The van der Waals surface area contributed by atoms with Gasteiger partial charge in [0.25, 0.3) is 0 Å². The normalized spacial score (nSPS) is 20.1. The molecular formula is C37H44F3N5O2. The van der Waals surface area contributed by atoms with E-state index in [1.165, 1.54) is 24.3 Å². The van der Waals surface area contributed by atoms with Crippen LogP contribution in [0.1, 0.15) is 69.9 Å². The van der Waals surface area contributed by atoms with Crippen molar-refractivity contribution in [2.24, 2.45) is 5.92 Å². The summed E-state index contributed by atoms with van der Waals surface area (Å²) in [6.45, 7) is 8.46. The molecule has 1 atom stereocenters. The molecule has 2 fully saturated rings. The molecule has 250 valence electrons. The molecule has 10 heteroatoms. The monoisotopic (exact) mass is 647 g/mol. The molecule has 0 bridgehead atoms. The number of rotatable bonds is 6. The van der Waals surface area contributed by atoms with Crippen LogP contribution in [0, 0.1) is 23.4 Å². The van der Waals surface area contributed by atoms with Gasteiger partial charge in [-0.05, 0) is 117 Å². The van der Waals surface area contributed by atoms with E-state index in [9.17, 15) is 5.11 Å². The minimum absolute atomic E-state index is 0.0425. The van der Waals surface area contributed by atoms with Gasteiger partial charge in [-0.2, -0.15) is 9.97 Å². The molecule has 3 aliphatic heterocycles. The number of hydrogen-bond donors (Lipinski definition) is 3. The molecule has 0 amide bonds. The van der Waals surface area contributed by atoms with Gasteiger partial charge in [0.15, 0.2) is 5.82 Å². The fourth-order valence-electron chi connectivity index (χ4n) is 8.32. The first-order valence-electron chi connectivity index (χ1n) is 17.3. The molecule has 4 aromatic rings. The molecule has 2 saturated heterocycles. The fourth-order valence-corrected chi connectivity index (χ4v) is 8.32. The summed E-state index contributed by atoms with van der Waals surface area (Å²) < 4.78 is 55.7. The Kier molecular flexibility index (Phi) is 8.91. The minimum atomic E-state index is -0.882. The Balaban J connectivity index is 1.44. The van der Waals surface area contributed by atoms with Crippen molar-refractivity contribution < 1.29 is 23.0 Å². The summed E-state index contributed by atoms with van der Waals surface area (Å²) in [4.78, 5) is 11.9. The van der Waals surface area contributed by atoms with Gasteiger partial charge in [-0.3, -0.25) is 4.90 Å². The number of aryl methyl sites for hydroxylation is 2. The summed E-state index contributed by atoms with van der Waals surface area (Å²) in [7, 11) is 0. The van der Waals surface area contributed by atoms with E-state index in [2.05, 4.69) is 27.4 Å². The zero-order chi connectivity index (χ0) is 32.7. The second kappa shape index (κ2) is 13.1. The molecule has 0 saturated carbocycles. The lowest BCUT2D eigenvalue weighted by atomic mass is 9.88. The van der Waals surface area contributed by atoms with Crippen LogP contribution in [-0.4, -0.2) is 64.8 Å². The Hall–Kier alpha value is -3.63. The van der Waals surface area contributed by atoms with Gasteiger partial charge in [-0.1, -0.05) is 26.3 Å². The summed E-state index contributed by atoms with van der Waals surface area (Å²) in [6.07, 6.45) is 7.49. The van der Waals surface area contributed by atoms with Crippen molar-refractivity contribution in [3.63, 3.8) is 0 Å². The number of aromatic hydroxyl groups is 1. The number of benzene rings is 3. The summed E-state index contributed by atoms with van der Waals surface area (Å²) in [5.41, 5.74) is 0.330. The molecule has 4 heterocycles. The smallest absolute Gasteiger partial charge is 0.319 e. The highest BCUT2D eigenvalue weighted by Gasteiger charge is 2.45. The SMILES string of the molecule is CCc1c(F)ccc2cc(O)cc(-c3c(F)c4c5c(nc(OCC67CCCN6CCC7)nc5c3F)NCCNCC(CC)CCC4)c12. The lowest BCUT2D eigenvalue weighted by Gasteiger charge is -2.31. The molecule has 1 aromatic heterocycles. The van der Waals surface area contributed by atoms with E-state index >= 15 is 13.2 Å². The lowest BCUT2D eigenvalue weighted by molar-refractivity contribution is 0.108. The number of ether oxygens (including phenoxy) is 1. The first-order valence-corrected chi connectivity index (χ1v) is 17.3. The standard InChI is InChI=1S/C37H44F3N5O2/c1-3-22-8-5-9-26-31-34(33(40)30(32(26)39)27-19-24(46)18-23-10-11-28(38)25(4-2)29(23)27)43-36(44-35(31)42-15-14-41-20-22)47-21-37-12-6-16-45(37)17-7-13-37/h10-11,18-19,22,41,46H,3-9,12-17,20-21H2,1-2H3,(H,42,43,44). The van der Waals surface area contributed by atoms with Crippen LogP contribution >= 0.6 is 0 Å². The maximum atomic E-state index is 17.1. The molecule has 0 spiro atoms. The average molecular weight is 648 g/mol. The molecule has 7 nitrogen and oxygen atoms in total. The van der Waals surface area contributed by atoms with Crippen LogP contribution in [-0.2, 0) is 12.8 Å². The van der Waals surface area contributed by atoms with E-state index in [1.54, 1.807) is 6.92 Å². The van der Waals surface area contributed by atoms with E-state index in [1.807, 2.05) is 0 Å². The Bertz CT molecular complexity index is 1810. The van der Waals surface area contributed by atoms with Crippen LogP contribution in [0.25, 0.3) is 32.8 Å². The number of halogens is 3. The van der Waals surface area contributed by atoms with Crippen molar-refractivity contribution in [3.8, 4) is 22.9 Å². The van der Waals surface area contributed by atoms with Gasteiger partial charge in [0, 0.05) is 18.7 Å². The van der Waals surface area contributed by atoms with Gasteiger partial charge in [-0.15, -0.1) is 0 Å². The fraction of sp³-hybridized carbons (Fsp3) is 0.514. The van der Waals surface area contributed by atoms with Crippen LogP contribution in [0.4, 0.5) is 19.0 Å². The average Bonchev–Trinajstić information content (AvgIpc) is 3.64. The maximum Gasteiger partial charge on any atom is 0.319 e. The number of phenolic OH excluding ortho intramolecular Hbond substituents is 1. The van der Waals surface area contributed by atoms with Gasteiger partial charge in [-0.25, -0.2) is 13.2 Å². The third-order valence-electron chi connectivity index (χ3n) is 10.8. The third kappa shape index (κ3) is 5.77.